The zero-order chi connectivity index (χ0) is 36.2. The number of cyclic esters (lactones) is 2. The van der Waals surface area contributed by atoms with E-state index in [4.69, 9.17) is 19.7 Å². The van der Waals surface area contributed by atoms with Crippen molar-refractivity contribution in [1.29, 1.82) is 0 Å². The molecule has 0 spiro atoms. The number of nitrogens with zero attached hydrogens (tertiary/aromatic N) is 3. The fraction of sp³-hybridized carbons (Fsp3) is 0.676. The van der Waals surface area contributed by atoms with Crippen molar-refractivity contribution in [2.24, 2.45) is 40.6 Å². The van der Waals surface area contributed by atoms with Crippen LogP contribution in [0, 0.1) is 35.5 Å². The minimum atomic E-state index is -0.983. The lowest BCUT2D eigenvalue weighted by Crippen LogP contribution is -2.37. The van der Waals surface area contributed by atoms with Gasteiger partial charge in [-0.05, 0) is 55.9 Å². The lowest BCUT2D eigenvalue weighted by molar-refractivity contribution is -0.153. The van der Waals surface area contributed by atoms with Crippen molar-refractivity contribution in [2.75, 3.05) is 46.3 Å². The Morgan fingerprint density at radius 1 is 0.920 bits per heavy atom. The second-order valence-electron chi connectivity index (χ2n) is 11.6. The molecule has 2 N–H and O–H groups in total. The third-order valence-electron chi connectivity index (χ3n) is 7.81. The quantitative estimate of drug-likeness (QED) is 0.0175. The third kappa shape index (κ3) is 24.4. The predicted octanol–water partition coefficient (Wildman–Crippen LogP) is 7.45. The molecule has 50 heavy (non-hydrogen) atoms. The number of hydrogen-bond acceptors (Lipinski definition) is 9. The number of carboxylic acid groups (broad SMARTS) is 1. The average Bonchev–Trinajstić information content (AvgIpc) is 3.31. The van der Waals surface area contributed by atoms with Crippen LogP contribution < -0.4 is 5.32 Å². The number of amides is 1. The van der Waals surface area contributed by atoms with E-state index in [-0.39, 0.29) is 45.3 Å². The summed E-state index contributed by atoms with van der Waals surface area (Å²) in [5, 5.41) is 15.4. The van der Waals surface area contributed by atoms with Crippen LogP contribution in [-0.4, -0.2) is 75.2 Å². The smallest absolute Gasteiger partial charge is 0.317 e. The second-order valence-corrected chi connectivity index (χ2v) is 11.6. The molecule has 1 fully saturated rings. The Morgan fingerprint density at radius 2 is 1.46 bits per heavy atom. The molecule has 0 aromatic heterocycles. The number of carbonyl (C=O) groups is 4. The summed E-state index contributed by atoms with van der Waals surface area (Å²) < 4.78 is 20.2. The molecule has 1 saturated heterocycles. The van der Waals surface area contributed by atoms with Crippen LogP contribution in [0.2, 0.25) is 0 Å². The molecule has 0 bridgehead atoms. The first-order valence-corrected chi connectivity index (χ1v) is 16.5. The average molecular weight is 709 g/mol. The molecular formula is C37H64N4O9. The normalized spacial score (nSPS) is 17.5. The summed E-state index contributed by atoms with van der Waals surface area (Å²) in [4.78, 5) is 48.8. The number of azide groups is 1. The summed E-state index contributed by atoms with van der Waals surface area (Å²) >= 11 is 0. The number of carbonyl (C=O) groups excluding carboxylic acids is 3. The molecule has 1 aliphatic rings. The van der Waals surface area contributed by atoms with Gasteiger partial charge >= 0.3 is 17.9 Å². The molecular weight excluding hydrogens is 644 g/mol. The maximum absolute atomic E-state index is 12.3. The predicted molar refractivity (Wildman–Crippen MR) is 197 cm³/mol. The Bertz CT molecular complexity index is 1090. The molecule has 0 aliphatic carbocycles. The Balaban J connectivity index is -0.000000984. The molecule has 13 heteroatoms. The van der Waals surface area contributed by atoms with E-state index in [0.717, 1.165) is 25.7 Å². The maximum atomic E-state index is 12.3. The van der Waals surface area contributed by atoms with E-state index in [2.05, 4.69) is 53.2 Å². The molecule has 0 aromatic rings. The van der Waals surface area contributed by atoms with E-state index in [9.17, 15) is 24.3 Å². The van der Waals surface area contributed by atoms with Crippen molar-refractivity contribution in [3.8, 4) is 0 Å². The minimum Gasteiger partial charge on any atom is -0.481 e. The largest absolute Gasteiger partial charge is 0.481 e. The number of nitrogens with one attached hydrogen (secondary N) is 1. The first-order chi connectivity index (χ1) is 23.0. The molecule has 0 saturated carbocycles. The van der Waals surface area contributed by atoms with Crippen LogP contribution in [0.5, 0.6) is 0 Å². The van der Waals surface area contributed by atoms with E-state index in [0.29, 0.717) is 64.3 Å². The molecule has 1 rings (SSSR count). The number of allylic oxidation sites excluding steroid dienone is 6. The van der Waals surface area contributed by atoms with Gasteiger partial charge in [-0.1, -0.05) is 84.1 Å². The number of esters is 2. The van der Waals surface area contributed by atoms with E-state index in [1.807, 2.05) is 30.4 Å². The number of aliphatic carboxylic acids is 1. The molecule has 6 unspecified atom stereocenters. The SMILES string of the molecule is C.C.C=CC(C)CCC=CCC(C(=O)O)C(C)C(=O)NCCOCCOCCOCN=[N+]=[N-].C=CC(C)CCC=CCC1C(=O)OC(=O)C1C. The molecule has 1 aliphatic heterocycles. The van der Waals surface area contributed by atoms with Crippen molar-refractivity contribution in [1.82, 2.24) is 5.32 Å². The van der Waals surface area contributed by atoms with Gasteiger partial charge in [-0.25, -0.2) is 0 Å². The summed E-state index contributed by atoms with van der Waals surface area (Å²) in [6, 6.07) is 0. The highest BCUT2D eigenvalue weighted by molar-refractivity contribution is 5.96. The highest BCUT2D eigenvalue weighted by Crippen LogP contribution is 2.26. The summed E-state index contributed by atoms with van der Waals surface area (Å²) in [6.07, 6.45) is 16.4. The summed E-state index contributed by atoms with van der Waals surface area (Å²) in [5.74, 6) is -3.16. The molecule has 1 amide bonds. The van der Waals surface area contributed by atoms with Crippen LogP contribution in [0.25, 0.3) is 10.4 Å². The molecule has 0 aromatic carbocycles. The van der Waals surface area contributed by atoms with E-state index < -0.39 is 23.8 Å². The second kappa shape index (κ2) is 32.4. The minimum absolute atomic E-state index is 0. The first-order valence-electron chi connectivity index (χ1n) is 16.5. The lowest BCUT2D eigenvalue weighted by atomic mass is 9.90. The van der Waals surface area contributed by atoms with Crippen molar-refractivity contribution in [3.63, 3.8) is 0 Å². The number of rotatable bonds is 26. The van der Waals surface area contributed by atoms with Gasteiger partial charge in [-0.2, -0.15) is 0 Å². The topological polar surface area (TPSA) is 186 Å². The number of ether oxygens (including phenoxy) is 4. The zero-order valence-corrected chi connectivity index (χ0v) is 29.1. The van der Waals surface area contributed by atoms with Gasteiger partial charge in [0.15, 0.2) is 0 Å². The Morgan fingerprint density at radius 3 is 1.96 bits per heavy atom. The molecule has 1 heterocycles. The van der Waals surface area contributed by atoms with Gasteiger partial charge in [0, 0.05) is 17.4 Å². The van der Waals surface area contributed by atoms with Gasteiger partial charge in [-0.15, -0.1) is 13.2 Å². The van der Waals surface area contributed by atoms with Crippen molar-refractivity contribution in [2.45, 2.75) is 81.1 Å². The zero-order valence-electron chi connectivity index (χ0n) is 29.1. The van der Waals surface area contributed by atoms with Gasteiger partial charge in [0.25, 0.3) is 0 Å². The van der Waals surface area contributed by atoms with Gasteiger partial charge in [0.05, 0.1) is 50.8 Å². The molecule has 6 atom stereocenters. The summed E-state index contributed by atoms with van der Waals surface area (Å²) in [6.45, 7) is 17.0. The van der Waals surface area contributed by atoms with E-state index in [1.165, 1.54) is 0 Å². The van der Waals surface area contributed by atoms with Crippen molar-refractivity contribution in [3.05, 3.63) is 60.1 Å². The third-order valence-corrected chi connectivity index (χ3v) is 7.81. The van der Waals surface area contributed by atoms with Gasteiger partial charge in [-0.3, -0.25) is 19.2 Å². The Labute approximate surface area is 300 Å². The van der Waals surface area contributed by atoms with Crippen molar-refractivity contribution >= 4 is 23.8 Å². The van der Waals surface area contributed by atoms with Gasteiger partial charge in [0.2, 0.25) is 5.91 Å². The van der Waals surface area contributed by atoms with Crippen molar-refractivity contribution < 1.29 is 43.2 Å². The number of carboxylic acids is 1. The van der Waals surface area contributed by atoms with Gasteiger partial charge < -0.3 is 29.4 Å². The van der Waals surface area contributed by atoms with E-state index >= 15 is 0 Å². The van der Waals surface area contributed by atoms with Crippen LogP contribution in [-0.2, 0) is 38.1 Å². The van der Waals surface area contributed by atoms with Gasteiger partial charge in [0.1, 0.15) is 6.73 Å². The highest BCUT2D eigenvalue weighted by Gasteiger charge is 2.40. The maximum Gasteiger partial charge on any atom is 0.317 e. The fourth-order valence-corrected chi connectivity index (χ4v) is 4.29. The van der Waals surface area contributed by atoms with Crippen LogP contribution in [0.4, 0.5) is 0 Å². The highest BCUT2D eigenvalue weighted by atomic mass is 16.6. The summed E-state index contributed by atoms with van der Waals surface area (Å²) in [7, 11) is 0. The molecule has 286 valence electrons. The Kier molecular flexibility index (Phi) is 32.8. The molecule has 0 radical (unpaired) electrons. The Hall–Kier alpha value is -3.77. The molecule has 13 nitrogen and oxygen atoms in total. The van der Waals surface area contributed by atoms with Crippen LogP contribution in [0.15, 0.2) is 54.7 Å². The standard InChI is InChI=1S/C21H36N4O6.C14H20O3.2CH4/c1-4-17(2)8-6-5-7-9-19(21(27)28)18(3)20(26)23-10-11-29-12-13-30-14-15-31-16-24-25-22;1-4-10(2)8-6-5-7-9-12-11(3)13(15)17-14(12)16;;/h4-5,7,17-19H,1,6,8-16H2,2-3H3,(H,23,26)(H,27,28);4-5,7,10-12H,1,6,8-9H2,2-3H3;2*1H4. The lowest BCUT2D eigenvalue weighted by Gasteiger charge is -2.18. The fourth-order valence-electron chi connectivity index (χ4n) is 4.29. The monoisotopic (exact) mass is 708 g/mol. The van der Waals surface area contributed by atoms with E-state index in [1.54, 1.807) is 13.8 Å². The summed E-state index contributed by atoms with van der Waals surface area (Å²) in [5.41, 5.74) is 8.07. The number of hydrogen-bond donors (Lipinski definition) is 2. The van der Waals surface area contributed by atoms with Crippen LogP contribution in [0.3, 0.4) is 0 Å². The first kappa shape index (κ1) is 50.6. The van der Waals surface area contributed by atoms with Crippen LogP contribution in [0.1, 0.15) is 81.1 Å². The van der Waals surface area contributed by atoms with Crippen LogP contribution >= 0.6 is 0 Å².